The summed E-state index contributed by atoms with van der Waals surface area (Å²) in [5.74, 6) is 0.757. The first-order valence-corrected chi connectivity index (χ1v) is 16.8. The molecule has 4 aromatic rings. The summed E-state index contributed by atoms with van der Waals surface area (Å²) in [5.41, 5.74) is 4.35. The Labute approximate surface area is 271 Å². The van der Waals surface area contributed by atoms with Gasteiger partial charge in [-0.05, 0) is 73.2 Å². The van der Waals surface area contributed by atoms with E-state index in [4.69, 9.17) is 9.47 Å². The molecule has 2 atom stereocenters. The highest BCUT2D eigenvalue weighted by Crippen LogP contribution is 2.45. The van der Waals surface area contributed by atoms with Crippen LogP contribution in [0.2, 0.25) is 0 Å². The van der Waals surface area contributed by atoms with Crippen molar-refractivity contribution in [2.75, 3.05) is 11.5 Å². The van der Waals surface area contributed by atoms with Crippen LogP contribution in [0, 0.1) is 12.8 Å². The van der Waals surface area contributed by atoms with Gasteiger partial charge >= 0.3 is 5.91 Å². The number of hydrogen-bond donors (Lipinski definition) is 1. The Morgan fingerprint density at radius 1 is 1.11 bits per heavy atom. The first-order chi connectivity index (χ1) is 21.7. The Morgan fingerprint density at radius 3 is 2.69 bits per heavy atom. The van der Waals surface area contributed by atoms with Crippen LogP contribution in [0.3, 0.4) is 0 Å². The quantitative estimate of drug-likeness (QED) is 0.0624. The molecule has 1 N–H and O–H groups in total. The SMILES string of the molecule is Cc1ccc(CSc2nnc(N3C(=O)C(=O)/C(=C(/O)c4ccc5c(c4)C[C@@H](C)O5)[C@@H]3c3cccc(OCCC(C)C)c3)s2)cc1. The number of thioether (sulfide) groups is 1. The second kappa shape index (κ2) is 13.1. The zero-order valence-electron chi connectivity index (χ0n) is 25.6. The van der Waals surface area contributed by atoms with Crippen molar-refractivity contribution in [1.29, 1.82) is 0 Å². The Balaban J connectivity index is 1.37. The maximum Gasteiger partial charge on any atom is 0.301 e. The van der Waals surface area contributed by atoms with Gasteiger partial charge in [0.25, 0.3) is 5.78 Å². The fourth-order valence-corrected chi connectivity index (χ4v) is 7.27. The van der Waals surface area contributed by atoms with E-state index in [2.05, 4.69) is 48.3 Å². The highest BCUT2D eigenvalue weighted by Gasteiger charge is 2.48. The number of aliphatic hydroxyl groups is 1. The van der Waals surface area contributed by atoms with Gasteiger partial charge < -0.3 is 14.6 Å². The number of ketones is 1. The van der Waals surface area contributed by atoms with E-state index in [0.29, 0.717) is 45.9 Å². The molecule has 0 unspecified atom stereocenters. The van der Waals surface area contributed by atoms with Gasteiger partial charge in [-0.25, -0.2) is 0 Å². The second-order valence-corrected chi connectivity index (χ2v) is 14.0. The van der Waals surface area contributed by atoms with Crippen LogP contribution in [0.5, 0.6) is 11.5 Å². The summed E-state index contributed by atoms with van der Waals surface area (Å²) in [4.78, 5) is 28.8. The van der Waals surface area contributed by atoms with Crippen molar-refractivity contribution in [1.82, 2.24) is 10.2 Å². The molecule has 0 radical (unpaired) electrons. The number of amides is 1. The molecule has 232 valence electrons. The van der Waals surface area contributed by atoms with Crippen molar-refractivity contribution < 1.29 is 24.2 Å². The highest BCUT2D eigenvalue weighted by atomic mass is 32.2. The smallest absolute Gasteiger partial charge is 0.301 e. The minimum absolute atomic E-state index is 0.00435. The third-order valence-electron chi connectivity index (χ3n) is 7.84. The number of aryl methyl sites for hydroxylation is 1. The van der Waals surface area contributed by atoms with E-state index in [9.17, 15) is 14.7 Å². The summed E-state index contributed by atoms with van der Waals surface area (Å²) < 4.78 is 12.5. The lowest BCUT2D eigenvalue weighted by atomic mass is 9.94. The summed E-state index contributed by atoms with van der Waals surface area (Å²) in [6.45, 7) is 8.83. The van der Waals surface area contributed by atoms with Crippen molar-refractivity contribution in [3.05, 3.63) is 100 Å². The first kappa shape index (κ1) is 30.9. The number of carbonyl (C=O) groups is 2. The van der Waals surface area contributed by atoms with Crippen LogP contribution in [0.25, 0.3) is 5.76 Å². The van der Waals surface area contributed by atoms with Crippen molar-refractivity contribution >= 4 is 45.7 Å². The van der Waals surface area contributed by atoms with Gasteiger partial charge in [0.1, 0.15) is 23.4 Å². The average Bonchev–Trinajstić information content (AvgIpc) is 3.71. The molecule has 10 heteroatoms. The number of Topliss-reactive ketones (excluding diaryl/α,β-unsaturated/α-hetero) is 1. The van der Waals surface area contributed by atoms with Gasteiger partial charge in [0.05, 0.1) is 18.2 Å². The molecule has 0 spiro atoms. The molecule has 0 saturated carbocycles. The molecule has 8 nitrogen and oxygen atoms in total. The predicted octanol–water partition coefficient (Wildman–Crippen LogP) is 7.51. The van der Waals surface area contributed by atoms with Gasteiger partial charge in [-0.15, -0.1) is 10.2 Å². The largest absolute Gasteiger partial charge is 0.507 e. The topological polar surface area (TPSA) is 102 Å². The zero-order valence-corrected chi connectivity index (χ0v) is 27.3. The van der Waals surface area contributed by atoms with E-state index in [1.165, 1.54) is 33.6 Å². The van der Waals surface area contributed by atoms with Crippen LogP contribution < -0.4 is 14.4 Å². The fraction of sp³-hybridized carbons (Fsp3) is 0.314. The van der Waals surface area contributed by atoms with E-state index >= 15 is 0 Å². The lowest BCUT2D eigenvalue weighted by molar-refractivity contribution is -0.132. The number of aromatic nitrogens is 2. The Morgan fingerprint density at radius 2 is 1.91 bits per heavy atom. The normalized spacial score (nSPS) is 18.8. The molecular formula is C35H35N3O5S2. The molecule has 1 amide bonds. The van der Waals surface area contributed by atoms with Gasteiger partial charge in [-0.2, -0.15) is 0 Å². The summed E-state index contributed by atoms with van der Waals surface area (Å²) in [6, 6.07) is 20.0. The first-order valence-electron chi connectivity index (χ1n) is 15.0. The molecule has 0 aliphatic carbocycles. The van der Waals surface area contributed by atoms with Crippen LogP contribution >= 0.6 is 23.1 Å². The third-order valence-corrected chi connectivity index (χ3v) is 9.96. The maximum atomic E-state index is 13.7. The number of aliphatic hydroxyl groups excluding tert-OH is 1. The number of benzene rings is 3. The molecule has 2 aliphatic rings. The van der Waals surface area contributed by atoms with Crippen molar-refractivity contribution in [2.45, 2.75) is 62.8 Å². The van der Waals surface area contributed by atoms with Crippen LogP contribution in [-0.2, 0) is 21.8 Å². The number of nitrogens with zero attached hydrogens (tertiary/aromatic N) is 3. The Hall–Kier alpha value is -4.15. The standard InChI is InChI=1S/C35H35N3O5S2/c1-20(2)14-15-42-27-7-5-6-24(18-27)30-29(31(39)25-12-13-28-26(17-25)16-22(4)43-28)32(40)33(41)38(30)34-36-37-35(45-34)44-19-23-10-8-21(3)9-11-23/h5-13,17-18,20,22,30,39H,14-16,19H2,1-4H3/b31-29+/t22-,30+/m1/s1. The molecule has 45 heavy (non-hydrogen) atoms. The monoisotopic (exact) mass is 641 g/mol. The molecule has 1 saturated heterocycles. The van der Waals surface area contributed by atoms with Crippen LogP contribution in [0.4, 0.5) is 5.13 Å². The molecule has 6 rings (SSSR count). The minimum atomic E-state index is -0.926. The average molecular weight is 642 g/mol. The van der Waals surface area contributed by atoms with Gasteiger partial charge in [0.2, 0.25) is 5.13 Å². The Kier molecular flexibility index (Phi) is 8.96. The highest BCUT2D eigenvalue weighted by molar-refractivity contribution is 8.00. The molecule has 3 heterocycles. The van der Waals surface area contributed by atoms with Crippen molar-refractivity contribution in [3.63, 3.8) is 0 Å². The van der Waals surface area contributed by atoms with Gasteiger partial charge in [-0.1, -0.05) is 78.9 Å². The van der Waals surface area contributed by atoms with Crippen molar-refractivity contribution in [3.8, 4) is 11.5 Å². The summed E-state index contributed by atoms with van der Waals surface area (Å²) in [5, 5.41) is 20.7. The van der Waals surface area contributed by atoms with Crippen LogP contribution in [0.1, 0.15) is 61.1 Å². The summed E-state index contributed by atoms with van der Waals surface area (Å²) in [7, 11) is 0. The molecule has 0 bridgehead atoms. The number of carbonyl (C=O) groups excluding carboxylic acids is 2. The van der Waals surface area contributed by atoms with E-state index < -0.39 is 17.7 Å². The maximum absolute atomic E-state index is 13.7. The fourth-order valence-electron chi connectivity index (χ4n) is 5.44. The van der Waals surface area contributed by atoms with E-state index in [-0.39, 0.29) is 22.6 Å². The number of ether oxygens (including phenoxy) is 2. The predicted molar refractivity (Wildman–Crippen MR) is 177 cm³/mol. The lowest BCUT2D eigenvalue weighted by Crippen LogP contribution is -2.29. The van der Waals surface area contributed by atoms with E-state index in [1.54, 1.807) is 12.1 Å². The van der Waals surface area contributed by atoms with Gasteiger partial charge in [-0.3, -0.25) is 14.5 Å². The van der Waals surface area contributed by atoms with E-state index in [0.717, 1.165) is 23.3 Å². The molecule has 1 aromatic heterocycles. The second-order valence-electron chi connectivity index (χ2n) is 11.9. The Bertz CT molecular complexity index is 1770. The summed E-state index contributed by atoms with van der Waals surface area (Å²) >= 11 is 2.76. The molecule has 1 fully saturated rings. The van der Waals surface area contributed by atoms with Crippen molar-refractivity contribution in [2.24, 2.45) is 5.92 Å². The van der Waals surface area contributed by atoms with Crippen LogP contribution in [-0.4, -0.2) is 39.7 Å². The van der Waals surface area contributed by atoms with Gasteiger partial charge in [0, 0.05) is 17.7 Å². The number of anilines is 1. The van der Waals surface area contributed by atoms with E-state index in [1.807, 2.05) is 44.2 Å². The molecule has 3 aromatic carbocycles. The molecular weight excluding hydrogens is 607 g/mol. The number of fused-ring (bicyclic) bond motifs is 1. The minimum Gasteiger partial charge on any atom is -0.507 e. The van der Waals surface area contributed by atoms with Gasteiger partial charge in [0.15, 0.2) is 4.34 Å². The van der Waals surface area contributed by atoms with Crippen LogP contribution in [0.15, 0.2) is 76.6 Å². The lowest BCUT2D eigenvalue weighted by Gasteiger charge is -2.23. The number of rotatable bonds is 10. The third kappa shape index (κ3) is 6.62. The molecule has 2 aliphatic heterocycles. The zero-order chi connectivity index (χ0) is 31.7. The summed E-state index contributed by atoms with van der Waals surface area (Å²) in [6.07, 6.45) is 1.60. The number of hydrogen-bond acceptors (Lipinski definition) is 9.